The van der Waals surface area contributed by atoms with Crippen molar-refractivity contribution in [2.75, 3.05) is 11.5 Å². The van der Waals surface area contributed by atoms with Gasteiger partial charge in [-0.1, -0.05) is 12.1 Å². The molecule has 0 radical (unpaired) electrons. The zero-order chi connectivity index (χ0) is 19.4. The molecule has 1 aliphatic rings. The Morgan fingerprint density at radius 1 is 1.37 bits per heavy atom. The Hall–Kier alpha value is -2.79. The summed E-state index contributed by atoms with van der Waals surface area (Å²) in [6, 6.07) is 9.25. The van der Waals surface area contributed by atoms with Crippen LogP contribution in [0.25, 0.3) is 11.3 Å². The van der Waals surface area contributed by atoms with Crippen LogP contribution in [0.3, 0.4) is 0 Å². The molecular formula is C16H16N4O5S2. The summed E-state index contributed by atoms with van der Waals surface area (Å²) in [7, 11) is -2.98. The monoisotopic (exact) mass is 408 g/mol. The zero-order valence-corrected chi connectivity index (χ0v) is 15.6. The number of nitro groups is 1. The average molecular weight is 408 g/mol. The van der Waals surface area contributed by atoms with Crippen molar-refractivity contribution in [3.63, 3.8) is 0 Å². The number of rotatable bonds is 5. The van der Waals surface area contributed by atoms with E-state index < -0.39 is 14.8 Å². The van der Waals surface area contributed by atoms with Crippen LogP contribution in [0.2, 0.25) is 0 Å². The van der Waals surface area contributed by atoms with Crippen LogP contribution >= 0.6 is 12.2 Å². The minimum Gasteiger partial charge on any atom is -0.455 e. The lowest BCUT2D eigenvalue weighted by molar-refractivity contribution is -0.384. The lowest BCUT2D eigenvalue weighted by Crippen LogP contribution is -2.40. The molecule has 0 amide bonds. The number of hydrazone groups is 1. The van der Waals surface area contributed by atoms with Crippen LogP contribution in [-0.4, -0.2) is 42.2 Å². The molecule has 1 aromatic heterocycles. The number of sulfone groups is 1. The lowest BCUT2D eigenvalue weighted by Gasteiger charge is -2.11. The standard InChI is InChI=1S/C16H16N4O5S2/c21-20(22)13-3-1-2-11(8-13)15-5-4-14(25-15)9-17-19-16(26)18-12-6-7-27(23,24)10-12/h1-5,8-9,12H,6-7,10H2,(H2,18,19,26)/b17-9-/t12-/m0/s1. The Labute approximate surface area is 160 Å². The van der Waals surface area contributed by atoms with Gasteiger partial charge in [-0.3, -0.25) is 15.5 Å². The summed E-state index contributed by atoms with van der Waals surface area (Å²) in [5, 5.41) is 17.9. The highest BCUT2D eigenvalue weighted by atomic mass is 32.2. The van der Waals surface area contributed by atoms with E-state index in [1.165, 1.54) is 18.3 Å². The summed E-state index contributed by atoms with van der Waals surface area (Å²) in [5.41, 5.74) is 3.16. The van der Waals surface area contributed by atoms with Gasteiger partial charge in [-0.2, -0.15) is 5.10 Å². The number of thiocarbonyl (C=S) groups is 1. The van der Waals surface area contributed by atoms with E-state index >= 15 is 0 Å². The second kappa shape index (κ2) is 7.84. The molecule has 9 nitrogen and oxygen atoms in total. The van der Waals surface area contributed by atoms with Crippen molar-refractivity contribution in [1.29, 1.82) is 0 Å². The van der Waals surface area contributed by atoms with Gasteiger partial charge < -0.3 is 9.73 Å². The Kier molecular flexibility index (Phi) is 5.51. The predicted octanol–water partition coefficient (Wildman–Crippen LogP) is 1.84. The number of nitrogens with zero attached hydrogens (tertiary/aromatic N) is 2. The van der Waals surface area contributed by atoms with Gasteiger partial charge in [0.25, 0.3) is 5.69 Å². The molecule has 2 heterocycles. The summed E-state index contributed by atoms with van der Waals surface area (Å²) in [4.78, 5) is 10.4. The fourth-order valence-corrected chi connectivity index (χ4v) is 4.52. The molecular weight excluding hydrogens is 392 g/mol. The van der Waals surface area contributed by atoms with Crippen molar-refractivity contribution in [1.82, 2.24) is 10.7 Å². The van der Waals surface area contributed by atoms with Gasteiger partial charge in [0.05, 0.1) is 22.6 Å². The highest BCUT2D eigenvalue weighted by Crippen LogP contribution is 2.25. The molecule has 1 aromatic carbocycles. The van der Waals surface area contributed by atoms with Crippen molar-refractivity contribution >= 4 is 39.1 Å². The molecule has 3 rings (SSSR count). The summed E-state index contributed by atoms with van der Waals surface area (Å²) < 4.78 is 28.4. The second-order valence-electron chi connectivity index (χ2n) is 5.95. The molecule has 0 saturated carbocycles. The molecule has 1 fully saturated rings. The molecule has 11 heteroatoms. The Morgan fingerprint density at radius 3 is 2.89 bits per heavy atom. The van der Waals surface area contributed by atoms with Crippen LogP contribution < -0.4 is 10.7 Å². The molecule has 1 aliphatic heterocycles. The van der Waals surface area contributed by atoms with Crippen molar-refractivity contribution in [2.45, 2.75) is 12.5 Å². The van der Waals surface area contributed by atoms with Crippen molar-refractivity contribution in [3.05, 3.63) is 52.3 Å². The van der Waals surface area contributed by atoms with Crippen LogP contribution in [0.1, 0.15) is 12.2 Å². The number of nitro benzene ring substituents is 1. The molecule has 2 aromatic rings. The Morgan fingerprint density at radius 2 is 2.19 bits per heavy atom. The molecule has 0 spiro atoms. The smallest absolute Gasteiger partial charge is 0.270 e. The molecule has 142 valence electrons. The van der Waals surface area contributed by atoms with Gasteiger partial charge in [-0.05, 0) is 30.8 Å². The van der Waals surface area contributed by atoms with Crippen molar-refractivity contribution in [3.8, 4) is 11.3 Å². The van der Waals surface area contributed by atoms with E-state index in [2.05, 4.69) is 15.8 Å². The molecule has 1 atom stereocenters. The molecule has 2 N–H and O–H groups in total. The van der Waals surface area contributed by atoms with E-state index in [0.29, 0.717) is 23.5 Å². The lowest BCUT2D eigenvalue weighted by atomic mass is 10.1. The van der Waals surface area contributed by atoms with Crippen LogP contribution in [-0.2, 0) is 9.84 Å². The first-order chi connectivity index (χ1) is 12.8. The fraction of sp³-hybridized carbons (Fsp3) is 0.250. The van der Waals surface area contributed by atoms with E-state index in [4.69, 9.17) is 16.6 Å². The van der Waals surface area contributed by atoms with Crippen LogP contribution in [0.5, 0.6) is 0 Å². The van der Waals surface area contributed by atoms with Crippen LogP contribution in [0.15, 0.2) is 45.9 Å². The van der Waals surface area contributed by atoms with Gasteiger partial charge in [0.15, 0.2) is 14.9 Å². The second-order valence-corrected chi connectivity index (χ2v) is 8.59. The highest BCUT2D eigenvalue weighted by Gasteiger charge is 2.28. The minimum absolute atomic E-state index is 0.0221. The Balaban J connectivity index is 1.57. The quantitative estimate of drug-likeness (QED) is 0.332. The topological polar surface area (TPSA) is 127 Å². The first-order valence-corrected chi connectivity index (χ1v) is 10.2. The maximum atomic E-state index is 11.4. The summed E-state index contributed by atoms with van der Waals surface area (Å²) >= 11 is 5.08. The Bertz CT molecular complexity index is 1000. The SMILES string of the molecule is O=[N+]([O-])c1cccc(-c2ccc(/C=N\NC(=S)N[C@H]3CCS(=O)(=O)C3)o2)c1. The average Bonchev–Trinajstić information content (AvgIpc) is 3.21. The minimum atomic E-state index is -2.98. The zero-order valence-electron chi connectivity index (χ0n) is 14.0. The van der Waals surface area contributed by atoms with Gasteiger partial charge >= 0.3 is 0 Å². The molecule has 0 unspecified atom stereocenters. The number of nitrogens with one attached hydrogen (secondary N) is 2. The number of non-ortho nitro benzene ring substituents is 1. The summed E-state index contributed by atoms with van der Waals surface area (Å²) in [5.74, 6) is 1.11. The molecule has 0 bridgehead atoms. The first-order valence-electron chi connectivity index (χ1n) is 7.97. The van der Waals surface area contributed by atoms with E-state index in [1.807, 2.05) is 0 Å². The fourth-order valence-electron chi connectivity index (χ4n) is 2.63. The third-order valence-corrected chi connectivity index (χ3v) is 5.87. The number of benzene rings is 1. The molecule has 0 aliphatic carbocycles. The summed E-state index contributed by atoms with van der Waals surface area (Å²) in [6.07, 6.45) is 1.92. The van der Waals surface area contributed by atoms with Gasteiger partial charge in [-0.15, -0.1) is 0 Å². The largest absolute Gasteiger partial charge is 0.455 e. The van der Waals surface area contributed by atoms with Crippen molar-refractivity contribution < 1.29 is 17.8 Å². The number of hydrogen-bond donors (Lipinski definition) is 2. The van der Waals surface area contributed by atoms with Gasteiger partial charge in [0.2, 0.25) is 0 Å². The van der Waals surface area contributed by atoms with E-state index in [-0.39, 0.29) is 28.3 Å². The normalized spacial score (nSPS) is 18.4. The van der Waals surface area contributed by atoms with Crippen LogP contribution in [0, 0.1) is 10.1 Å². The van der Waals surface area contributed by atoms with E-state index in [9.17, 15) is 18.5 Å². The highest BCUT2D eigenvalue weighted by molar-refractivity contribution is 7.91. The molecule has 1 saturated heterocycles. The number of furan rings is 1. The maximum Gasteiger partial charge on any atom is 0.270 e. The molecule has 27 heavy (non-hydrogen) atoms. The van der Waals surface area contributed by atoms with Crippen molar-refractivity contribution in [2.24, 2.45) is 5.10 Å². The third-order valence-electron chi connectivity index (χ3n) is 3.89. The van der Waals surface area contributed by atoms with Gasteiger partial charge in [0.1, 0.15) is 11.5 Å². The van der Waals surface area contributed by atoms with E-state index in [0.717, 1.165) is 0 Å². The van der Waals surface area contributed by atoms with E-state index in [1.54, 1.807) is 24.3 Å². The summed E-state index contributed by atoms with van der Waals surface area (Å²) in [6.45, 7) is 0. The van der Waals surface area contributed by atoms with Gasteiger partial charge in [0, 0.05) is 23.7 Å². The predicted molar refractivity (Wildman–Crippen MR) is 104 cm³/mol. The number of hydrogen-bond acceptors (Lipinski definition) is 7. The maximum absolute atomic E-state index is 11.4. The first kappa shape index (κ1) is 19.0. The van der Waals surface area contributed by atoms with Crippen LogP contribution in [0.4, 0.5) is 5.69 Å². The third kappa shape index (κ3) is 5.11. The van der Waals surface area contributed by atoms with Gasteiger partial charge in [-0.25, -0.2) is 8.42 Å².